The number of aryl methyl sites for hydroxylation is 1. The second-order valence-electron chi connectivity index (χ2n) is 10.6. The second-order valence-corrected chi connectivity index (χ2v) is 10.6. The van der Waals surface area contributed by atoms with Crippen molar-refractivity contribution in [1.82, 2.24) is 4.90 Å². The zero-order valence-corrected chi connectivity index (χ0v) is 20.3. The van der Waals surface area contributed by atoms with Gasteiger partial charge in [0.25, 0.3) is 0 Å². The molecule has 1 aromatic rings. The predicted octanol–water partition coefficient (Wildman–Crippen LogP) is 4.32. The third-order valence-electron chi connectivity index (χ3n) is 7.56. The lowest BCUT2D eigenvalue weighted by molar-refractivity contribution is -0.139. The van der Waals surface area contributed by atoms with E-state index in [0.717, 1.165) is 81.5 Å². The van der Waals surface area contributed by atoms with Gasteiger partial charge >= 0.3 is 6.09 Å². The number of nitrogens with zero attached hydrogens (tertiary/aromatic N) is 2. The fourth-order valence-electron chi connectivity index (χ4n) is 5.77. The molecule has 7 nitrogen and oxygen atoms in total. The first-order valence-corrected chi connectivity index (χ1v) is 12.6. The highest BCUT2D eigenvalue weighted by Crippen LogP contribution is 2.44. The molecule has 2 N–H and O–H groups in total. The maximum atomic E-state index is 13.6. The van der Waals surface area contributed by atoms with E-state index in [1.807, 2.05) is 32.0 Å². The maximum Gasteiger partial charge on any atom is 0.411 e. The Morgan fingerprint density at radius 2 is 1.97 bits per heavy atom. The molecular weight excluding hydrogens is 418 g/mol. The van der Waals surface area contributed by atoms with Crippen molar-refractivity contribution >= 4 is 23.4 Å². The second kappa shape index (κ2) is 9.92. The van der Waals surface area contributed by atoms with E-state index in [4.69, 9.17) is 4.74 Å². The van der Waals surface area contributed by atoms with Gasteiger partial charge in [-0.05, 0) is 81.5 Å². The van der Waals surface area contributed by atoms with Crippen molar-refractivity contribution in [2.75, 3.05) is 36.5 Å². The number of benzene rings is 1. The molecule has 3 fully saturated rings. The average Bonchev–Trinajstić information content (AvgIpc) is 3.08. The van der Waals surface area contributed by atoms with E-state index in [1.54, 1.807) is 0 Å². The number of aliphatic hydroxyl groups is 1. The molecule has 33 heavy (non-hydrogen) atoms. The van der Waals surface area contributed by atoms with Crippen LogP contribution in [-0.4, -0.2) is 60.4 Å². The number of likely N-dealkylation sites (tertiary alicyclic amines) is 1. The Kier molecular flexibility index (Phi) is 7.17. The standard InChI is InChI=1S/C26H39N3O4/c1-18(2)16-33-25(32)27-20-5-10-23(19(3)15-20)28-13-4-11-26(17-28)12-14-29(24(26)31)21-6-8-22(30)9-7-21/h5,10,15,18,21-22,30H,4,6-9,11-14,16-17H2,1-3H3,(H,27,32)/t21-,22-,26-/m0/s1. The molecule has 0 unspecified atom stereocenters. The summed E-state index contributed by atoms with van der Waals surface area (Å²) in [7, 11) is 0. The van der Waals surface area contributed by atoms with Crippen LogP contribution >= 0.6 is 0 Å². The molecule has 1 aliphatic carbocycles. The number of nitrogens with one attached hydrogen (secondary N) is 1. The monoisotopic (exact) mass is 457 g/mol. The lowest BCUT2D eigenvalue weighted by Crippen LogP contribution is -2.50. The Bertz CT molecular complexity index is 865. The van der Waals surface area contributed by atoms with Crippen LogP contribution in [0.1, 0.15) is 64.4 Å². The van der Waals surface area contributed by atoms with Gasteiger partial charge in [0.1, 0.15) is 0 Å². The highest BCUT2D eigenvalue weighted by molar-refractivity contribution is 5.87. The van der Waals surface area contributed by atoms with Gasteiger partial charge in [0.2, 0.25) is 5.91 Å². The molecule has 0 bridgehead atoms. The quantitative estimate of drug-likeness (QED) is 0.688. The zero-order chi connectivity index (χ0) is 23.6. The van der Waals surface area contributed by atoms with Crippen molar-refractivity contribution in [3.63, 3.8) is 0 Å². The van der Waals surface area contributed by atoms with E-state index in [-0.39, 0.29) is 17.6 Å². The molecule has 4 rings (SSSR count). The third kappa shape index (κ3) is 5.29. The number of hydrogen-bond donors (Lipinski definition) is 2. The number of anilines is 2. The first kappa shape index (κ1) is 23.9. The van der Waals surface area contributed by atoms with Crippen LogP contribution in [0, 0.1) is 18.3 Å². The van der Waals surface area contributed by atoms with Gasteiger partial charge < -0.3 is 19.6 Å². The SMILES string of the molecule is Cc1cc(NC(=O)OCC(C)C)ccc1N1CCC[C@]2(CCN([C@H]3CC[C@H](O)CC3)C2=O)C1. The largest absolute Gasteiger partial charge is 0.449 e. The molecule has 0 aromatic heterocycles. The fourth-order valence-corrected chi connectivity index (χ4v) is 5.77. The van der Waals surface area contributed by atoms with Gasteiger partial charge in [0.15, 0.2) is 0 Å². The summed E-state index contributed by atoms with van der Waals surface area (Å²) >= 11 is 0. The average molecular weight is 458 g/mol. The number of carbonyl (C=O) groups is 2. The van der Waals surface area contributed by atoms with Gasteiger partial charge in [-0.25, -0.2) is 4.79 Å². The van der Waals surface area contributed by atoms with Gasteiger partial charge in [0.05, 0.1) is 18.1 Å². The van der Waals surface area contributed by atoms with E-state index in [0.29, 0.717) is 18.4 Å². The van der Waals surface area contributed by atoms with Crippen molar-refractivity contribution in [2.45, 2.75) is 77.9 Å². The summed E-state index contributed by atoms with van der Waals surface area (Å²) in [6.07, 6.45) is 5.69. The number of amides is 2. The molecule has 2 amide bonds. The lowest BCUT2D eigenvalue weighted by atomic mass is 9.78. The Morgan fingerprint density at radius 1 is 1.21 bits per heavy atom. The molecule has 1 spiro atoms. The van der Waals surface area contributed by atoms with Crippen molar-refractivity contribution in [1.29, 1.82) is 0 Å². The summed E-state index contributed by atoms with van der Waals surface area (Å²) < 4.78 is 5.22. The molecule has 1 saturated carbocycles. The molecule has 2 heterocycles. The van der Waals surface area contributed by atoms with E-state index in [9.17, 15) is 14.7 Å². The lowest BCUT2D eigenvalue weighted by Gasteiger charge is -2.42. The zero-order valence-electron chi connectivity index (χ0n) is 20.3. The van der Waals surface area contributed by atoms with Crippen LogP contribution in [0.3, 0.4) is 0 Å². The number of rotatable bonds is 5. The van der Waals surface area contributed by atoms with E-state index >= 15 is 0 Å². The summed E-state index contributed by atoms with van der Waals surface area (Å²) in [5.41, 5.74) is 2.64. The molecular formula is C26H39N3O4. The molecule has 182 valence electrons. The number of carbonyl (C=O) groups excluding carboxylic acids is 2. The van der Waals surface area contributed by atoms with Crippen molar-refractivity contribution in [3.8, 4) is 0 Å². The Hall–Kier alpha value is -2.28. The topological polar surface area (TPSA) is 82.1 Å². The van der Waals surface area contributed by atoms with Crippen LogP contribution in [0.4, 0.5) is 16.2 Å². The van der Waals surface area contributed by atoms with Gasteiger partial charge in [0, 0.05) is 37.1 Å². The molecule has 7 heteroatoms. The van der Waals surface area contributed by atoms with Gasteiger partial charge in [-0.1, -0.05) is 13.8 Å². The number of aliphatic hydroxyl groups excluding tert-OH is 1. The van der Waals surface area contributed by atoms with Gasteiger partial charge in [-0.15, -0.1) is 0 Å². The van der Waals surface area contributed by atoms with Crippen molar-refractivity contribution in [3.05, 3.63) is 23.8 Å². The van der Waals surface area contributed by atoms with Crippen LogP contribution in [0.25, 0.3) is 0 Å². The minimum Gasteiger partial charge on any atom is -0.449 e. The molecule has 3 aliphatic rings. The number of hydrogen-bond acceptors (Lipinski definition) is 5. The molecule has 0 radical (unpaired) electrons. The normalized spacial score (nSPS) is 28.0. The number of piperidine rings is 1. The molecule has 1 atom stereocenters. The highest BCUT2D eigenvalue weighted by atomic mass is 16.5. The summed E-state index contributed by atoms with van der Waals surface area (Å²) in [4.78, 5) is 30.1. The highest BCUT2D eigenvalue weighted by Gasteiger charge is 2.50. The molecule has 2 saturated heterocycles. The van der Waals surface area contributed by atoms with E-state index in [2.05, 4.69) is 22.0 Å². The maximum absolute atomic E-state index is 13.6. The summed E-state index contributed by atoms with van der Waals surface area (Å²) in [5.74, 6) is 0.614. The molecule has 2 aliphatic heterocycles. The van der Waals surface area contributed by atoms with Crippen LogP contribution in [0.15, 0.2) is 18.2 Å². The van der Waals surface area contributed by atoms with E-state index < -0.39 is 6.09 Å². The fraction of sp³-hybridized carbons (Fsp3) is 0.692. The van der Waals surface area contributed by atoms with Crippen molar-refractivity contribution < 1.29 is 19.4 Å². The minimum atomic E-state index is -0.431. The van der Waals surface area contributed by atoms with Gasteiger partial charge in [-0.2, -0.15) is 0 Å². The summed E-state index contributed by atoms with van der Waals surface area (Å²) in [5, 5.41) is 12.7. The summed E-state index contributed by atoms with van der Waals surface area (Å²) in [6, 6.07) is 6.23. The Balaban J connectivity index is 1.41. The van der Waals surface area contributed by atoms with Crippen LogP contribution in [0.2, 0.25) is 0 Å². The minimum absolute atomic E-state index is 0.199. The van der Waals surface area contributed by atoms with E-state index in [1.165, 1.54) is 0 Å². The van der Waals surface area contributed by atoms with Crippen LogP contribution in [0.5, 0.6) is 0 Å². The molecule has 1 aromatic carbocycles. The Morgan fingerprint density at radius 3 is 2.67 bits per heavy atom. The third-order valence-corrected chi connectivity index (χ3v) is 7.56. The van der Waals surface area contributed by atoms with Gasteiger partial charge in [-0.3, -0.25) is 10.1 Å². The Labute approximate surface area is 197 Å². The van der Waals surface area contributed by atoms with Crippen molar-refractivity contribution in [2.24, 2.45) is 11.3 Å². The van der Waals surface area contributed by atoms with Crippen LogP contribution < -0.4 is 10.2 Å². The number of ether oxygens (including phenoxy) is 1. The smallest absolute Gasteiger partial charge is 0.411 e. The predicted molar refractivity (Wildman–Crippen MR) is 129 cm³/mol. The first-order valence-electron chi connectivity index (χ1n) is 12.6. The first-order chi connectivity index (χ1) is 15.8. The summed E-state index contributed by atoms with van der Waals surface area (Å²) in [6.45, 7) is 8.99. The van der Waals surface area contributed by atoms with Crippen LogP contribution in [-0.2, 0) is 9.53 Å².